The first kappa shape index (κ1) is 20.9. The Kier molecular flexibility index (Phi) is 6.02. The molecule has 2 heterocycles. The first-order chi connectivity index (χ1) is 14.3. The first-order valence-corrected chi connectivity index (χ1v) is 8.84. The Hall–Kier alpha value is -3.86. The molecule has 3 N–H and O–H groups in total. The highest BCUT2D eigenvalue weighted by Gasteiger charge is 2.20. The van der Waals surface area contributed by atoms with E-state index < -0.39 is 11.9 Å². The van der Waals surface area contributed by atoms with E-state index in [9.17, 15) is 14.4 Å². The molecule has 0 bridgehead atoms. The molecule has 0 unspecified atom stereocenters. The minimum atomic E-state index is -1.25. The monoisotopic (exact) mass is 413 g/mol. The summed E-state index contributed by atoms with van der Waals surface area (Å²) in [5.41, 5.74) is 8.52. The summed E-state index contributed by atoms with van der Waals surface area (Å²) in [6.07, 6.45) is 3.10. The fraction of sp³-hybridized carbons (Fsp3) is 0.263. The van der Waals surface area contributed by atoms with Crippen molar-refractivity contribution in [2.75, 3.05) is 14.2 Å². The molecule has 1 aliphatic rings. The van der Waals surface area contributed by atoms with Gasteiger partial charge in [0.05, 0.1) is 19.8 Å². The lowest BCUT2D eigenvalue weighted by Crippen LogP contribution is -2.13. The summed E-state index contributed by atoms with van der Waals surface area (Å²) >= 11 is 0. The van der Waals surface area contributed by atoms with E-state index in [1.54, 1.807) is 6.07 Å². The first-order valence-electron chi connectivity index (χ1n) is 8.84. The maximum atomic E-state index is 11.4. The van der Waals surface area contributed by atoms with Crippen molar-refractivity contribution in [3.05, 3.63) is 58.7 Å². The number of hydrogen-bond donors (Lipinski definition) is 2. The number of ether oxygens (including phenoxy) is 2. The lowest BCUT2D eigenvalue weighted by Gasteiger charge is -2.05. The summed E-state index contributed by atoms with van der Waals surface area (Å²) in [6, 6.07) is 6.80. The van der Waals surface area contributed by atoms with Crippen molar-refractivity contribution < 1.29 is 29.0 Å². The van der Waals surface area contributed by atoms with E-state index in [2.05, 4.69) is 24.5 Å². The van der Waals surface area contributed by atoms with Crippen LogP contribution in [0.25, 0.3) is 5.78 Å². The summed E-state index contributed by atoms with van der Waals surface area (Å²) in [5, 5.41) is 12.5. The van der Waals surface area contributed by atoms with Gasteiger partial charge in [0.1, 0.15) is 6.33 Å². The Morgan fingerprint density at radius 2 is 1.90 bits per heavy atom. The number of aromatic nitrogens is 4. The Morgan fingerprint density at radius 1 is 1.17 bits per heavy atom. The van der Waals surface area contributed by atoms with Gasteiger partial charge in [0.15, 0.2) is 11.4 Å². The third kappa shape index (κ3) is 4.10. The molecule has 11 heteroatoms. The highest BCUT2D eigenvalue weighted by Crippen LogP contribution is 2.29. The third-order valence-electron chi connectivity index (χ3n) is 4.55. The number of methoxy groups -OCH3 is 2. The molecule has 3 aromatic rings. The van der Waals surface area contributed by atoms with Gasteiger partial charge in [-0.1, -0.05) is 6.07 Å². The zero-order chi connectivity index (χ0) is 21.8. The van der Waals surface area contributed by atoms with Gasteiger partial charge in [0.25, 0.3) is 5.78 Å². The summed E-state index contributed by atoms with van der Waals surface area (Å²) in [5.74, 6) is -2.22. The van der Waals surface area contributed by atoms with Crippen LogP contribution in [-0.2, 0) is 15.9 Å². The molecule has 11 nitrogen and oxygen atoms in total. The normalized spacial score (nSPS) is 14.4. The minimum Gasteiger partial charge on any atom is -0.477 e. The number of aryl methyl sites for hydroxylation is 1. The maximum Gasteiger partial charge on any atom is 0.356 e. The van der Waals surface area contributed by atoms with Gasteiger partial charge in [-0.15, -0.1) is 0 Å². The number of fused-ring (bicyclic) bond motifs is 2. The van der Waals surface area contributed by atoms with Crippen LogP contribution in [0.15, 0.2) is 30.6 Å². The predicted octanol–water partition coefficient (Wildman–Crippen LogP) is 1.03. The largest absolute Gasteiger partial charge is 0.477 e. The molecule has 1 aromatic carbocycles. The Morgan fingerprint density at radius 3 is 2.57 bits per heavy atom. The number of carbonyl (C=O) groups excluding carboxylic acids is 2. The topological polar surface area (TPSA) is 159 Å². The quantitative estimate of drug-likeness (QED) is 0.594. The number of carbonyl (C=O) groups is 3. The standard InChI is InChI=1S/C11H13NO2.C8H6N4O4/c1-14-11(13)8-2-4-9-7(6-8)3-5-10(9)12;1-16-7(15)5-2-4(6(13)14)11-8-9-3-10-12(5)8/h2,4,6,10H,3,5,12H2,1H3;2-3H,1H3,(H,13,14)/t10-;/m0./s1. The summed E-state index contributed by atoms with van der Waals surface area (Å²) in [4.78, 5) is 40.8. The van der Waals surface area contributed by atoms with Crippen LogP contribution in [0.3, 0.4) is 0 Å². The van der Waals surface area contributed by atoms with E-state index >= 15 is 0 Å². The van der Waals surface area contributed by atoms with E-state index in [4.69, 9.17) is 10.8 Å². The van der Waals surface area contributed by atoms with E-state index in [0.717, 1.165) is 29.0 Å². The minimum absolute atomic E-state index is 0.0281. The smallest absolute Gasteiger partial charge is 0.356 e. The van der Waals surface area contributed by atoms with Crippen LogP contribution in [-0.4, -0.2) is 56.8 Å². The molecule has 156 valence electrons. The van der Waals surface area contributed by atoms with Crippen molar-refractivity contribution in [2.45, 2.75) is 18.9 Å². The van der Waals surface area contributed by atoms with Gasteiger partial charge in [-0.25, -0.2) is 19.4 Å². The van der Waals surface area contributed by atoms with Crippen LogP contribution in [0.4, 0.5) is 0 Å². The van der Waals surface area contributed by atoms with E-state index in [-0.39, 0.29) is 29.2 Å². The van der Waals surface area contributed by atoms with Gasteiger partial charge in [-0.2, -0.15) is 14.6 Å². The second kappa shape index (κ2) is 8.66. The molecule has 1 atom stereocenters. The molecule has 0 spiro atoms. The lowest BCUT2D eigenvalue weighted by molar-refractivity contribution is 0.0585. The zero-order valence-electron chi connectivity index (χ0n) is 16.2. The SMILES string of the molecule is COC(=O)c1cc(C(=O)O)nc2ncnn12.COC(=O)c1ccc2c(c1)CC[C@@H]2N. The molecular formula is C19H19N5O6. The van der Waals surface area contributed by atoms with Crippen LogP contribution in [0.2, 0.25) is 0 Å². The van der Waals surface area contributed by atoms with Gasteiger partial charge < -0.3 is 20.3 Å². The lowest BCUT2D eigenvalue weighted by atomic mass is 10.1. The van der Waals surface area contributed by atoms with Gasteiger partial charge in [-0.05, 0) is 36.1 Å². The molecule has 1 aliphatic carbocycles. The average Bonchev–Trinajstić information content (AvgIpc) is 3.38. The fourth-order valence-corrected chi connectivity index (χ4v) is 3.07. The molecule has 0 aliphatic heterocycles. The molecule has 0 saturated heterocycles. The second-order valence-corrected chi connectivity index (χ2v) is 6.35. The van der Waals surface area contributed by atoms with Gasteiger partial charge in [-0.3, -0.25) is 0 Å². The molecular weight excluding hydrogens is 394 g/mol. The second-order valence-electron chi connectivity index (χ2n) is 6.35. The van der Waals surface area contributed by atoms with Crippen LogP contribution in [0, 0.1) is 0 Å². The van der Waals surface area contributed by atoms with Crippen molar-refractivity contribution in [3.8, 4) is 0 Å². The van der Waals surface area contributed by atoms with Gasteiger partial charge in [0.2, 0.25) is 0 Å². The van der Waals surface area contributed by atoms with E-state index in [0.29, 0.717) is 5.56 Å². The zero-order valence-corrected chi connectivity index (χ0v) is 16.2. The van der Waals surface area contributed by atoms with Gasteiger partial charge in [0, 0.05) is 12.1 Å². The summed E-state index contributed by atoms with van der Waals surface area (Å²) in [6.45, 7) is 0. The number of aromatic carboxylic acids is 1. The molecule has 0 amide bonds. The highest BCUT2D eigenvalue weighted by atomic mass is 16.5. The molecule has 2 aromatic heterocycles. The molecule has 0 saturated carbocycles. The maximum absolute atomic E-state index is 11.4. The van der Waals surface area contributed by atoms with E-state index in [1.165, 1.54) is 26.1 Å². The number of rotatable bonds is 3. The number of nitrogens with zero attached hydrogens (tertiary/aromatic N) is 4. The number of carboxylic acids is 1. The van der Waals surface area contributed by atoms with Crippen molar-refractivity contribution >= 4 is 23.7 Å². The van der Waals surface area contributed by atoms with Gasteiger partial charge >= 0.3 is 17.9 Å². The molecule has 0 fully saturated rings. The molecule has 30 heavy (non-hydrogen) atoms. The van der Waals surface area contributed by atoms with Crippen LogP contribution in [0.1, 0.15) is 54.9 Å². The van der Waals surface area contributed by atoms with Crippen molar-refractivity contribution in [2.24, 2.45) is 5.73 Å². The van der Waals surface area contributed by atoms with Crippen LogP contribution in [0.5, 0.6) is 0 Å². The fourth-order valence-electron chi connectivity index (χ4n) is 3.07. The Labute approximate surface area is 170 Å². The Bertz CT molecular complexity index is 1130. The number of carboxylic acid groups (broad SMARTS) is 1. The predicted molar refractivity (Wildman–Crippen MR) is 102 cm³/mol. The van der Waals surface area contributed by atoms with Crippen molar-refractivity contribution in [1.29, 1.82) is 0 Å². The van der Waals surface area contributed by atoms with E-state index in [1.807, 2.05) is 12.1 Å². The number of esters is 2. The average molecular weight is 413 g/mol. The molecule has 0 radical (unpaired) electrons. The number of nitrogens with two attached hydrogens (primary N) is 1. The summed E-state index contributed by atoms with van der Waals surface area (Å²) in [7, 11) is 2.58. The van der Waals surface area contributed by atoms with Crippen LogP contribution >= 0.6 is 0 Å². The third-order valence-corrected chi connectivity index (χ3v) is 4.55. The number of hydrogen-bond acceptors (Lipinski definition) is 9. The van der Waals surface area contributed by atoms with Crippen molar-refractivity contribution in [1.82, 2.24) is 19.6 Å². The Balaban J connectivity index is 0.000000172. The highest BCUT2D eigenvalue weighted by molar-refractivity contribution is 5.92. The summed E-state index contributed by atoms with van der Waals surface area (Å²) < 4.78 is 10.3. The van der Waals surface area contributed by atoms with Crippen LogP contribution < -0.4 is 5.73 Å². The number of benzene rings is 1. The van der Waals surface area contributed by atoms with Crippen molar-refractivity contribution in [3.63, 3.8) is 0 Å². The molecule has 4 rings (SSSR count).